The Kier molecular flexibility index (Phi) is 5.94. The third kappa shape index (κ3) is 3.68. The van der Waals surface area contributed by atoms with Crippen molar-refractivity contribution in [3.05, 3.63) is 84.4 Å². The van der Waals surface area contributed by atoms with E-state index < -0.39 is 18.1 Å². The number of carbonyl (C=O) groups is 2. The van der Waals surface area contributed by atoms with Crippen LogP contribution in [0.1, 0.15) is 24.9 Å². The summed E-state index contributed by atoms with van der Waals surface area (Å²) in [6.07, 6.45) is -0.0352. The molecule has 2 aliphatic heterocycles. The highest BCUT2D eigenvalue weighted by molar-refractivity contribution is 6.24. The van der Waals surface area contributed by atoms with Gasteiger partial charge in [-0.3, -0.25) is 14.4 Å². The van der Waals surface area contributed by atoms with Gasteiger partial charge in [-0.15, -0.1) is 0 Å². The van der Waals surface area contributed by atoms with Gasteiger partial charge >= 0.3 is 0 Å². The molecule has 0 aromatic heterocycles. The second-order valence-corrected chi connectivity index (χ2v) is 8.25. The fourth-order valence-corrected chi connectivity index (χ4v) is 4.61. The Bertz CT molecular complexity index is 1180. The van der Waals surface area contributed by atoms with E-state index in [9.17, 15) is 9.59 Å². The molecule has 3 aromatic carbocycles. The number of hydroxylamine groups is 1. The minimum atomic E-state index is -0.932. The molecule has 3 aromatic rings. The zero-order valence-electron chi connectivity index (χ0n) is 19.1. The van der Waals surface area contributed by atoms with Gasteiger partial charge in [-0.05, 0) is 48.9 Å². The summed E-state index contributed by atoms with van der Waals surface area (Å²) < 4.78 is 11.2. The zero-order chi connectivity index (χ0) is 23.7. The Morgan fingerprint density at radius 2 is 1.56 bits per heavy atom. The van der Waals surface area contributed by atoms with E-state index in [2.05, 4.69) is 0 Å². The van der Waals surface area contributed by atoms with Crippen LogP contribution >= 0.6 is 0 Å². The number of benzene rings is 3. The largest absolute Gasteiger partial charge is 0.496 e. The van der Waals surface area contributed by atoms with Crippen molar-refractivity contribution in [3.8, 4) is 11.5 Å². The van der Waals surface area contributed by atoms with Crippen molar-refractivity contribution in [2.75, 3.05) is 23.7 Å². The molecule has 5 rings (SSSR count). The lowest BCUT2D eigenvalue weighted by Crippen LogP contribution is -2.37. The normalized spacial score (nSPS) is 21.6. The number of fused-ring (bicyclic) bond motifs is 1. The monoisotopic (exact) mass is 458 g/mol. The van der Waals surface area contributed by atoms with Crippen LogP contribution in [0.3, 0.4) is 0 Å². The van der Waals surface area contributed by atoms with Crippen molar-refractivity contribution in [2.24, 2.45) is 5.92 Å². The molecule has 0 aliphatic carbocycles. The van der Waals surface area contributed by atoms with Crippen molar-refractivity contribution < 1.29 is 23.9 Å². The highest BCUT2D eigenvalue weighted by Crippen LogP contribution is 2.49. The van der Waals surface area contributed by atoms with Gasteiger partial charge in [-0.25, -0.2) is 9.96 Å². The highest BCUT2D eigenvalue weighted by Gasteiger charge is 2.60. The topological polar surface area (TPSA) is 68.3 Å². The zero-order valence-corrected chi connectivity index (χ0v) is 19.1. The van der Waals surface area contributed by atoms with Crippen LogP contribution in [0.4, 0.5) is 11.4 Å². The molecule has 174 valence electrons. The molecule has 0 saturated carbocycles. The van der Waals surface area contributed by atoms with Gasteiger partial charge in [0.05, 0.1) is 31.1 Å². The summed E-state index contributed by atoms with van der Waals surface area (Å²) in [5.74, 6) is -0.0701. The summed E-state index contributed by atoms with van der Waals surface area (Å²) in [5, 5.41) is 1.67. The predicted octanol–water partition coefficient (Wildman–Crippen LogP) is 4.54. The van der Waals surface area contributed by atoms with E-state index in [-0.39, 0.29) is 11.8 Å². The van der Waals surface area contributed by atoms with E-state index >= 15 is 0 Å². The third-order valence-electron chi connectivity index (χ3n) is 6.15. The lowest BCUT2D eigenvalue weighted by atomic mass is 9.90. The van der Waals surface area contributed by atoms with Crippen LogP contribution in [0.2, 0.25) is 0 Å². The van der Waals surface area contributed by atoms with Gasteiger partial charge in [0.25, 0.3) is 5.91 Å². The van der Waals surface area contributed by atoms with Gasteiger partial charge in [0, 0.05) is 5.56 Å². The number of anilines is 2. The Labute approximate surface area is 198 Å². The predicted molar refractivity (Wildman–Crippen MR) is 128 cm³/mol. The number of ether oxygens (including phenoxy) is 2. The molecule has 3 atom stereocenters. The minimum absolute atomic E-state index is 0.299. The van der Waals surface area contributed by atoms with Crippen LogP contribution in [-0.2, 0) is 14.4 Å². The van der Waals surface area contributed by atoms with E-state index in [4.69, 9.17) is 14.3 Å². The van der Waals surface area contributed by atoms with Crippen molar-refractivity contribution in [3.63, 3.8) is 0 Å². The van der Waals surface area contributed by atoms with Gasteiger partial charge in [-0.2, -0.15) is 0 Å². The molecule has 2 aliphatic rings. The number of rotatable bonds is 7. The van der Waals surface area contributed by atoms with Crippen LogP contribution in [-0.4, -0.2) is 31.6 Å². The Morgan fingerprint density at radius 3 is 2.26 bits per heavy atom. The van der Waals surface area contributed by atoms with Crippen molar-refractivity contribution in [1.29, 1.82) is 0 Å². The Morgan fingerprint density at radius 1 is 0.853 bits per heavy atom. The maximum Gasteiger partial charge on any atom is 0.266 e. The van der Waals surface area contributed by atoms with E-state index in [0.29, 0.717) is 23.8 Å². The number of hydrogen-bond acceptors (Lipinski definition) is 6. The molecule has 0 radical (unpaired) electrons. The first-order chi connectivity index (χ1) is 16.6. The molecule has 0 N–H and O–H groups in total. The smallest absolute Gasteiger partial charge is 0.266 e. The van der Waals surface area contributed by atoms with Crippen LogP contribution in [0.25, 0.3) is 0 Å². The molecule has 2 amide bonds. The number of nitrogens with zero attached hydrogens (tertiary/aromatic N) is 2. The number of methoxy groups -OCH3 is 1. The molecule has 0 unspecified atom stereocenters. The summed E-state index contributed by atoms with van der Waals surface area (Å²) in [5.41, 5.74) is 2.05. The molecule has 7 heteroatoms. The van der Waals surface area contributed by atoms with Gasteiger partial charge in [0.2, 0.25) is 5.91 Å². The number of para-hydroxylation sites is 2. The van der Waals surface area contributed by atoms with Crippen molar-refractivity contribution in [1.82, 2.24) is 0 Å². The second kappa shape index (κ2) is 9.19. The maximum atomic E-state index is 13.7. The summed E-state index contributed by atoms with van der Waals surface area (Å²) in [7, 11) is 1.59. The lowest BCUT2D eigenvalue weighted by molar-refractivity contribution is -0.126. The molecule has 2 saturated heterocycles. The number of hydrogen-bond donors (Lipinski definition) is 0. The van der Waals surface area contributed by atoms with Crippen LogP contribution < -0.4 is 19.4 Å². The van der Waals surface area contributed by atoms with E-state index in [1.807, 2.05) is 61.5 Å². The second-order valence-electron chi connectivity index (χ2n) is 8.25. The summed E-state index contributed by atoms with van der Waals surface area (Å²) in [6, 6.07) is 23.5. The number of imide groups is 1. The highest BCUT2D eigenvalue weighted by atomic mass is 16.7. The van der Waals surface area contributed by atoms with E-state index in [0.717, 1.165) is 17.7 Å². The fourth-order valence-electron chi connectivity index (χ4n) is 4.61. The molecular weight excluding hydrogens is 432 g/mol. The van der Waals surface area contributed by atoms with Gasteiger partial charge in [-0.1, -0.05) is 43.3 Å². The first-order valence-electron chi connectivity index (χ1n) is 11.4. The van der Waals surface area contributed by atoms with Crippen LogP contribution in [0, 0.1) is 5.92 Å². The molecule has 2 fully saturated rings. The first kappa shape index (κ1) is 22.0. The summed E-state index contributed by atoms with van der Waals surface area (Å²) >= 11 is 0. The quantitative estimate of drug-likeness (QED) is 0.485. The van der Waals surface area contributed by atoms with Gasteiger partial charge in [0.15, 0.2) is 6.10 Å². The standard InChI is InChI=1S/C27H26N2O5/c1-3-17-33-20-15-13-18(14-16-20)28-26(30)23-24(21-11-7-8-12-22(21)32-2)29(34-25(23)27(28)31)19-9-5-4-6-10-19/h4-16,23-25H,3,17H2,1-2H3/t23-,24-,25+/m0/s1. The minimum Gasteiger partial charge on any atom is -0.496 e. The number of carbonyl (C=O) groups excluding carboxylic acids is 2. The average Bonchev–Trinajstić information content (AvgIpc) is 3.39. The van der Waals surface area contributed by atoms with E-state index in [1.54, 1.807) is 36.4 Å². The van der Waals surface area contributed by atoms with E-state index in [1.165, 1.54) is 4.90 Å². The molecule has 0 bridgehead atoms. The molecular formula is C27H26N2O5. The Balaban J connectivity index is 1.52. The molecule has 7 nitrogen and oxygen atoms in total. The molecule has 2 heterocycles. The average molecular weight is 459 g/mol. The summed E-state index contributed by atoms with van der Waals surface area (Å²) in [4.78, 5) is 34.6. The third-order valence-corrected chi connectivity index (χ3v) is 6.15. The van der Waals surface area contributed by atoms with Gasteiger partial charge in [0.1, 0.15) is 17.4 Å². The Hall–Kier alpha value is -3.84. The van der Waals surface area contributed by atoms with Crippen LogP contribution in [0.5, 0.6) is 11.5 Å². The first-order valence-corrected chi connectivity index (χ1v) is 11.4. The van der Waals surface area contributed by atoms with Crippen LogP contribution in [0.15, 0.2) is 78.9 Å². The molecule has 34 heavy (non-hydrogen) atoms. The SMILES string of the molecule is CCCOc1ccc(N2C(=O)[C@@H]3[C@@H](ON(c4ccccc4)[C@H]3c3ccccc3OC)C2=O)cc1. The van der Waals surface area contributed by atoms with Gasteiger partial charge < -0.3 is 9.47 Å². The maximum absolute atomic E-state index is 13.7. The molecule has 0 spiro atoms. The van der Waals surface area contributed by atoms with Crippen molar-refractivity contribution >= 4 is 23.2 Å². The number of amides is 2. The lowest BCUT2D eigenvalue weighted by Gasteiger charge is -2.29. The van der Waals surface area contributed by atoms with Crippen molar-refractivity contribution in [2.45, 2.75) is 25.5 Å². The fraction of sp³-hybridized carbons (Fsp3) is 0.259. The summed E-state index contributed by atoms with van der Waals surface area (Å²) in [6.45, 7) is 2.64.